The number of methoxy groups -OCH3 is 2. The molecule has 1 aliphatic heterocycles. The number of pyridine rings is 1. The molecule has 180 valence electrons. The van der Waals surface area contributed by atoms with Crippen molar-refractivity contribution in [3.05, 3.63) is 59.2 Å². The minimum Gasteiger partial charge on any atom is -0.497 e. The molecule has 7 heteroatoms. The number of anilines is 1. The van der Waals surface area contributed by atoms with E-state index in [1.54, 1.807) is 32.4 Å². The highest BCUT2D eigenvalue weighted by molar-refractivity contribution is 5.95. The topological polar surface area (TPSA) is 64.1 Å². The molecule has 1 fully saturated rings. The maximum Gasteiger partial charge on any atom is 0.254 e. The Labute approximate surface area is 201 Å². The van der Waals surface area contributed by atoms with Crippen LogP contribution in [0.5, 0.6) is 11.5 Å². The monoisotopic (exact) mass is 463 g/mol. The fraction of sp³-hybridized carbons (Fsp3) is 0.407. The number of rotatable bonds is 8. The smallest absolute Gasteiger partial charge is 0.254 e. The van der Waals surface area contributed by atoms with Crippen molar-refractivity contribution in [1.82, 2.24) is 9.88 Å². The van der Waals surface area contributed by atoms with Gasteiger partial charge in [0.15, 0.2) is 0 Å². The van der Waals surface area contributed by atoms with Crippen molar-refractivity contribution in [2.45, 2.75) is 32.4 Å². The number of ether oxygens (including phenoxy) is 3. The number of hydrogen-bond donors (Lipinski definition) is 0. The lowest BCUT2D eigenvalue weighted by atomic mass is 10.1. The number of aromatic nitrogens is 1. The summed E-state index contributed by atoms with van der Waals surface area (Å²) >= 11 is 0. The lowest BCUT2D eigenvalue weighted by molar-refractivity contribution is 0.0507. The first kappa shape index (κ1) is 23.8. The number of amides is 1. The predicted molar refractivity (Wildman–Crippen MR) is 134 cm³/mol. The lowest BCUT2D eigenvalue weighted by Crippen LogP contribution is -2.37. The summed E-state index contributed by atoms with van der Waals surface area (Å²) in [6.07, 6.45) is 1.98. The minimum absolute atomic E-state index is 0.0231. The van der Waals surface area contributed by atoms with Crippen LogP contribution < -0.4 is 14.4 Å². The normalized spacial score (nSPS) is 15.4. The third kappa shape index (κ3) is 5.09. The van der Waals surface area contributed by atoms with E-state index in [0.717, 1.165) is 47.3 Å². The van der Waals surface area contributed by atoms with Crippen molar-refractivity contribution in [2.75, 3.05) is 46.4 Å². The van der Waals surface area contributed by atoms with Gasteiger partial charge in [-0.1, -0.05) is 18.2 Å². The van der Waals surface area contributed by atoms with E-state index in [1.165, 1.54) is 0 Å². The van der Waals surface area contributed by atoms with Crippen LogP contribution in [0.3, 0.4) is 0 Å². The first-order chi connectivity index (χ1) is 16.4. The zero-order valence-electron chi connectivity index (χ0n) is 20.6. The summed E-state index contributed by atoms with van der Waals surface area (Å²) < 4.78 is 16.7. The molecular formula is C27H33N3O4. The van der Waals surface area contributed by atoms with Crippen LogP contribution in [0.1, 0.15) is 34.3 Å². The fourth-order valence-electron chi connectivity index (χ4n) is 4.46. The average molecular weight is 464 g/mol. The summed E-state index contributed by atoms with van der Waals surface area (Å²) in [5.41, 5.74) is 3.61. The second-order valence-electron chi connectivity index (χ2n) is 8.93. The van der Waals surface area contributed by atoms with Gasteiger partial charge in [0.25, 0.3) is 5.91 Å². The molecule has 0 N–H and O–H groups in total. The van der Waals surface area contributed by atoms with Gasteiger partial charge in [-0.3, -0.25) is 4.79 Å². The van der Waals surface area contributed by atoms with Gasteiger partial charge >= 0.3 is 0 Å². The van der Waals surface area contributed by atoms with Crippen LogP contribution >= 0.6 is 0 Å². The molecule has 2 aromatic carbocycles. The lowest BCUT2D eigenvalue weighted by Gasteiger charge is -2.28. The molecule has 0 radical (unpaired) electrons. The van der Waals surface area contributed by atoms with Crippen LogP contribution in [0, 0.1) is 6.92 Å². The van der Waals surface area contributed by atoms with Crippen LogP contribution in [0.4, 0.5) is 5.82 Å². The van der Waals surface area contributed by atoms with Crippen LogP contribution in [0.15, 0.2) is 42.5 Å². The standard InChI is InChI=1S/C27H33N3O4/c1-18-8-6-9-19-12-21(26(29(2)3)28-25(18)19)16-30(17-22-10-7-11-34-22)27(31)20-13-23(32-4)15-24(14-20)33-5/h6,8-9,12-15,22H,7,10-11,16-17H2,1-5H3/t22-/m0/s1. The fourth-order valence-corrected chi connectivity index (χ4v) is 4.46. The molecule has 2 heterocycles. The van der Waals surface area contributed by atoms with Gasteiger partial charge in [0.2, 0.25) is 0 Å². The van der Waals surface area contributed by atoms with Crippen LogP contribution in [-0.2, 0) is 11.3 Å². The van der Waals surface area contributed by atoms with Gasteiger partial charge < -0.3 is 24.0 Å². The van der Waals surface area contributed by atoms with Gasteiger partial charge in [-0.2, -0.15) is 0 Å². The Balaban J connectivity index is 1.74. The summed E-state index contributed by atoms with van der Waals surface area (Å²) in [4.78, 5) is 22.6. The second kappa shape index (κ2) is 10.3. The highest BCUT2D eigenvalue weighted by Gasteiger charge is 2.26. The van der Waals surface area contributed by atoms with E-state index in [0.29, 0.717) is 30.2 Å². The molecule has 0 aliphatic carbocycles. The number of fused-ring (bicyclic) bond motifs is 1. The van der Waals surface area contributed by atoms with Gasteiger partial charge in [0.1, 0.15) is 17.3 Å². The first-order valence-corrected chi connectivity index (χ1v) is 11.6. The summed E-state index contributed by atoms with van der Waals surface area (Å²) in [5, 5.41) is 1.06. The Morgan fingerprint density at radius 1 is 1.12 bits per heavy atom. The van der Waals surface area contributed by atoms with Crippen molar-refractivity contribution in [1.29, 1.82) is 0 Å². The zero-order chi connectivity index (χ0) is 24.2. The quantitative estimate of drug-likeness (QED) is 0.492. The number of carbonyl (C=O) groups is 1. The number of carbonyl (C=O) groups excluding carboxylic acids is 1. The Kier molecular flexibility index (Phi) is 7.22. The number of nitrogens with zero attached hydrogens (tertiary/aromatic N) is 3. The molecule has 0 saturated carbocycles. The SMILES string of the molecule is COc1cc(OC)cc(C(=O)N(Cc2cc3cccc(C)c3nc2N(C)C)C[C@@H]2CCCO2)c1. The minimum atomic E-state index is -0.0956. The van der Waals surface area contributed by atoms with Gasteiger partial charge in [-0.25, -0.2) is 4.98 Å². The van der Waals surface area contributed by atoms with Gasteiger partial charge in [-0.15, -0.1) is 0 Å². The second-order valence-corrected chi connectivity index (χ2v) is 8.93. The van der Waals surface area contributed by atoms with E-state index in [4.69, 9.17) is 19.2 Å². The Morgan fingerprint density at radius 2 is 1.85 bits per heavy atom. The number of benzene rings is 2. The molecule has 0 spiro atoms. The third-order valence-electron chi connectivity index (χ3n) is 6.22. The van der Waals surface area contributed by atoms with E-state index in [1.807, 2.05) is 30.0 Å². The first-order valence-electron chi connectivity index (χ1n) is 11.6. The van der Waals surface area contributed by atoms with Crippen molar-refractivity contribution in [3.63, 3.8) is 0 Å². The Bertz CT molecular complexity index is 1150. The van der Waals surface area contributed by atoms with Crippen molar-refractivity contribution in [2.24, 2.45) is 0 Å². The third-order valence-corrected chi connectivity index (χ3v) is 6.22. The molecule has 1 atom stereocenters. The van der Waals surface area contributed by atoms with Crippen molar-refractivity contribution < 1.29 is 19.0 Å². The average Bonchev–Trinajstić information content (AvgIpc) is 3.35. The largest absolute Gasteiger partial charge is 0.497 e. The Morgan fingerprint density at radius 3 is 2.47 bits per heavy atom. The molecule has 1 saturated heterocycles. The number of aryl methyl sites for hydroxylation is 1. The zero-order valence-corrected chi connectivity index (χ0v) is 20.6. The molecule has 1 aromatic heterocycles. The molecule has 0 unspecified atom stereocenters. The number of para-hydroxylation sites is 1. The summed E-state index contributed by atoms with van der Waals surface area (Å²) in [7, 11) is 7.13. The molecule has 34 heavy (non-hydrogen) atoms. The van der Waals surface area contributed by atoms with Crippen LogP contribution in [0.25, 0.3) is 10.9 Å². The van der Waals surface area contributed by atoms with Crippen molar-refractivity contribution >= 4 is 22.6 Å². The van der Waals surface area contributed by atoms with Crippen LogP contribution in [0.2, 0.25) is 0 Å². The van der Waals surface area contributed by atoms with E-state index in [9.17, 15) is 4.79 Å². The van der Waals surface area contributed by atoms with Gasteiger partial charge in [0.05, 0.1) is 25.8 Å². The maximum absolute atomic E-state index is 13.8. The van der Waals surface area contributed by atoms with E-state index in [-0.39, 0.29) is 12.0 Å². The van der Waals surface area contributed by atoms with Crippen LogP contribution in [-0.4, -0.2) is 63.4 Å². The summed E-state index contributed by atoms with van der Waals surface area (Å²) in [6.45, 7) is 3.73. The summed E-state index contributed by atoms with van der Waals surface area (Å²) in [6, 6.07) is 13.6. The van der Waals surface area contributed by atoms with E-state index < -0.39 is 0 Å². The molecular weight excluding hydrogens is 430 g/mol. The molecule has 1 amide bonds. The van der Waals surface area contributed by atoms with E-state index in [2.05, 4.69) is 25.1 Å². The highest BCUT2D eigenvalue weighted by atomic mass is 16.5. The summed E-state index contributed by atoms with van der Waals surface area (Å²) in [5.74, 6) is 1.92. The Hall–Kier alpha value is -3.32. The van der Waals surface area contributed by atoms with Gasteiger partial charge in [0, 0.05) is 56.4 Å². The van der Waals surface area contributed by atoms with Crippen molar-refractivity contribution in [3.8, 4) is 11.5 Å². The molecule has 3 aromatic rings. The number of hydrogen-bond acceptors (Lipinski definition) is 6. The molecule has 1 aliphatic rings. The maximum atomic E-state index is 13.8. The van der Waals surface area contributed by atoms with E-state index >= 15 is 0 Å². The van der Waals surface area contributed by atoms with Gasteiger partial charge in [-0.05, 0) is 43.5 Å². The molecule has 0 bridgehead atoms. The molecule has 7 nitrogen and oxygen atoms in total. The molecule has 4 rings (SSSR count). The highest BCUT2D eigenvalue weighted by Crippen LogP contribution is 2.28. The predicted octanol–water partition coefficient (Wildman–Crippen LogP) is 4.45.